The molecular formula is C20H14BrN3O4. The summed E-state index contributed by atoms with van der Waals surface area (Å²) in [6.45, 7) is 0. The van der Waals surface area contributed by atoms with Gasteiger partial charge in [0.05, 0.1) is 18.0 Å². The molecule has 0 saturated heterocycles. The van der Waals surface area contributed by atoms with Gasteiger partial charge in [-0.3, -0.25) is 9.78 Å². The molecule has 8 heteroatoms. The molecule has 0 unspecified atom stereocenters. The molecule has 0 spiro atoms. The van der Waals surface area contributed by atoms with Gasteiger partial charge in [-0.05, 0) is 70.0 Å². The molecule has 0 aliphatic heterocycles. The van der Waals surface area contributed by atoms with Gasteiger partial charge in [0, 0.05) is 22.9 Å². The Morgan fingerprint density at radius 2 is 2.00 bits per heavy atom. The van der Waals surface area contributed by atoms with Crippen molar-refractivity contribution in [2.75, 3.05) is 0 Å². The Kier molecular flexibility index (Phi) is 6.48. The summed E-state index contributed by atoms with van der Waals surface area (Å²) >= 11 is 3.25. The molecule has 0 fully saturated rings. The molecule has 3 aromatic rings. The Morgan fingerprint density at radius 3 is 2.71 bits per heavy atom. The van der Waals surface area contributed by atoms with Crippen LogP contribution in [-0.2, 0) is 4.79 Å². The number of ether oxygens (including phenoxy) is 1. The van der Waals surface area contributed by atoms with Gasteiger partial charge in [-0.2, -0.15) is 5.10 Å². The first-order valence-corrected chi connectivity index (χ1v) is 8.87. The summed E-state index contributed by atoms with van der Waals surface area (Å²) in [6.07, 6.45) is 8.82. The van der Waals surface area contributed by atoms with Crippen LogP contribution in [0, 0.1) is 0 Å². The maximum absolute atomic E-state index is 12.0. The zero-order chi connectivity index (χ0) is 19.8. The Hall–Kier alpha value is -3.52. The van der Waals surface area contributed by atoms with Crippen LogP contribution in [0.2, 0.25) is 0 Å². The topological polar surface area (TPSA) is 93.8 Å². The van der Waals surface area contributed by atoms with Gasteiger partial charge in [0.2, 0.25) is 0 Å². The van der Waals surface area contributed by atoms with E-state index in [1.165, 1.54) is 30.8 Å². The summed E-state index contributed by atoms with van der Waals surface area (Å²) in [7, 11) is 0. The smallest absolute Gasteiger partial charge is 0.336 e. The summed E-state index contributed by atoms with van der Waals surface area (Å²) in [4.78, 5) is 27.6. The van der Waals surface area contributed by atoms with Gasteiger partial charge in [0.1, 0.15) is 11.5 Å². The number of esters is 1. The quantitative estimate of drug-likeness (QED) is 0.207. The third kappa shape index (κ3) is 5.75. The summed E-state index contributed by atoms with van der Waals surface area (Å²) in [5, 5.41) is 3.90. The molecule has 0 bridgehead atoms. The zero-order valence-electron chi connectivity index (χ0n) is 14.4. The number of rotatable bonds is 6. The predicted molar refractivity (Wildman–Crippen MR) is 107 cm³/mol. The van der Waals surface area contributed by atoms with Crippen molar-refractivity contribution in [1.29, 1.82) is 0 Å². The number of aromatic nitrogens is 1. The minimum absolute atomic E-state index is 0.376. The minimum Gasteiger partial charge on any atom is -0.465 e. The van der Waals surface area contributed by atoms with Crippen molar-refractivity contribution in [1.82, 2.24) is 10.4 Å². The minimum atomic E-state index is -0.521. The van der Waals surface area contributed by atoms with Gasteiger partial charge in [0.15, 0.2) is 0 Å². The second-order valence-corrected chi connectivity index (χ2v) is 6.35. The molecule has 28 heavy (non-hydrogen) atoms. The number of furan rings is 1. The third-order valence-electron chi connectivity index (χ3n) is 3.37. The van der Waals surface area contributed by atoms with Crippen LogP contribution in [0.5, 0.6) is 5.75 Å². The van der Waals surface area contributed by atoms with E-state index in [9.17, 15) is 9.59 Å². The van der Waals surface area contributed by atoms with E-state index in [-0.39, 0.29) is 5.91 Å². The first kappa shape index (κ1) is 19.2. The lowest BCUT2D eigenvalue weighted by Crippen LogP contribution is -2.17. The molecule has 2 heterocycles. The van der Waals surface area contributed by atoms with E-state index in [2.05, 4.69) is 31.4 Å². The summed E-state index contributed by atoms with van der Waals surface area (Å²) < 4.78 is 11.0. The van der Waals surface area contributed by atoms with Crippen molar-refractivity contribution in [2.45, 2.75) is 0 Å². The molecule has 2 aromatic heterocycles. The number of nitrogens with one attached hydrogen (secondary N) is 1. The molecule has 1 aromatic carbocycles. The first-order chi connectivity index (χ1) is 13.6. The number of hydrazone groups is 1. The van der Waals surface area contributed by atoms with Crippen LogP contribution < -0.4 is 10.2 Å². The van der Waals surface area contributed by atoms with E-state index in [0.29, 0.717) is 21.5 Å². The van der Waals surface area contributed by atoms with Crippen molar-refractivity contribution in [3.05, 3.63) is 88.6 Å². The van der Waals surface area contributed by atoms with E-state index >= 15 is 0 Å². The fourth-order valence-electron chi connectivity index (χ4n) is 2.07. The van der Waals surface area contributed by atoms with Crippen molar-refractivity contribution < 1.29 is 18.7 Å². The number of hydrogen-bond acceptors (Lipinski definition) is 6. The highest BCUT2D eigenvalue weighted by atomic mass is 79.9. The van der Waals surface area contributed by atoms with Crippen LogP contribution >= 0.6 is 15.9 Å². The Balaban J connectivity index is 1.51. The molecule has 1 amide bonds. The van der Waals surface area contributed by atoms with Gasteiger partial charge < -0.3 is 9.15 Å². The monoisotopic (exact) mass is 439 g/mol. The lowest BCUT2D eigenvalue weighted by Gasteiger charge is -2.02. The number of halogens is 1. The maximum Gasteiger partial charge on any atom is 0.336 e. The predicted octanol–water partition coefficient (Wildman–Crippen LogP) is 3.82. The Labute approximate surface area is 168 Å². The van der Waals surface area contributed by atoms with Crippen molar-refractivity contribution in [3.63, 3.8) is 0 Å². The molecular weight excluding hydrogens is 426 g/mol. The number of pyridine rings is 1. The van der Waals surface area contributed by atoms with E-state index in [1.54, 1.807) is 48.7 Å². The van der Waals surface area contributed by atoms with Gasteiger partial charge in [-0.25, -0.2) is 10.2 Å². The van der Waals surface area contributed by atoms with E-state index in [1.807, 2.05) is 0 Å². The van der Waals surface area contributed by atoms with Gasteiger partial charge in [-0.1, -0.05) is 0 Å². The van der Waals surface area contributed by atoms with Crippen LogP contribution in [-0.4, -0.2) is 23.1 Å². The number of hydrogen-bond donors (Lipinski definition) is 1. The van der Waals surface area contributed by atoms with Gasteiger partial charge >= 0.3 is 5.97 Å². The van der Waals surface area contributed by atoms with Gasteiger partial charge in [-0.15, -0.1) is 0 Å². The highest BCUT2D eigenvalue weighted by molar-refractivity contribution is 9.10. The van der Waals surface area contributed by atoms with E-state index in [0.717, 1.165) is 5.56 Å². The lowest BCUT2D eigenvalue weighted by atomic mass is 10.2. The number of carbonyl (C=O) groups is 2. The second kappa shape index (κ2) is 9.43. The summed E-state index contributed by atoms with van der Waals surface area (Å²) in [6, 6.07) is 11.7. The van der Waals surface area contributed by atoms with Crippen molar-refractivity contribution in [2.24, 2.45) is 5.10 Å². The number of nitrogens with zero attached hydrogens (tertiary/aromatic N) is 2. The Bertz CT molecular complexity index is 1010. The second-order valence-electron chi connectivity index (χ2n) is 5.43. The molecule has 1 N–H and O–H groups in total. The fraction of sp³-hybridized carbons (Fsp3) is 0. The van der Waals surface area contributed by atoms with E-state index < -0.39 is 5.97 Å². The molecule has 0 saturated carbocycles. The molecule has 7 nitrogen and oxygen atoms in total. The maximum atomic E-state index is 12.0. The zero-order valence-corrected chi connectivity index (χ0v) is 16.0. The first-order valence-electron chi connectivity index (χ1n) is 8.07. The summed E-state index contributed by atoms with van der Waals surface area (Å²) in [5.41, 5.74) is 3.52. The average Bonchev–Trinajstić information content (AvgIpc) is 3.21. The van der Waals surface area contributed by atoms with Crippen molar-refractivity contribution >= 4 is 40.1 Å². The molecule has 0 radical (unpaired) electrons. The van der Waals surface area contributed by atoms with Crippen LogP contribution in [0.25, 0.3) is 6.08 Å². The van der Waals surface area contributed by atoms with Crippen LogP contribution in [0.3, 0.4) is 0 Å². The van der Waals surface area contributed by atoms with Crippen LogP contribution in [0.4, 0.5) is 0 Å². The SMILES string of the molecule is O=C(/C=C\c1ccco1)Oc1ccc(C=NNC(=O)c2cncc(Br)c2)cc1. The molecule has 140 valence electrons. The number of benzene rings is 1. The number of amides is 1. The lowest BCUT2D eigenvalue weighted by molar-refractivity contribution is -0.128. The fourth-order valence-corrected chi connectivity index (χ4v) is 2.44. The standard InChI is InChI=1S/C20H14BrN3O4/c21-16-10-15(12-22-13-16)20(26)24-23-11-14-3-5-18(6-4-14)28-19(25)8-7-17-2-1-9-27-17/h1-13H,(H,24,26)/b8-7-,23-11?. The highest BCUT2D eigenvalue weighted by Gasteiger charge is 2.05. The molecule has 0 aliphatic carbocycles. The highest BCUT2D eigenvalue weighted by Crippen LogP contribution is 2.12. The number of carbonyl (C=O) groups excluding carboxylic acids is 2. The van der Waals surface area contributed by atoms with Gasteiger partial charge in [0.25, 0.3) is 5.91 Å². The van der Waals surface area contributed by atoms with Crippen molar-refractivity contribution in [3.8, 4) is 5.75 Å². The molecule has 0 atom stereocenters. The van der Waals surface area contributed by atoms with E-state index in [4.69, 9.17) is 9.15 Å². The normalized spacial score (nSPS) is 11.0. The third-order valence-corrected chi connectivity index (χ3v) is 3.81. The largest absolute Gasteiger partial charge is 0.465 e. The summed E-state index contributed by atoms with van der Waals surface area (Å²) in [5.74, 6) is 0.0475. The molecule has 3 rings (SSSR count). The van der Waals surface area contributed by atoms with Crippen LogP contribution in [0.15, 0.2) is 81.2 Å². The molecule has 0 aliphatic rings. The average molecular weight is 440 g/mol. The Morgan fingerprint density at radius 1 is 1.18 bits per heavy atom. The van der Waals surface area contributed by atoms with Crippen LogP contribution in [0.1, 0.15) is 21.7 Å².